The van der Waals surface area contributed by atoms with Crippen molar-refractivity contribution in [1.29, 1.82) is 0 Å². The van der Waals surface area contributed by atoms with Crippen LogP contribution in [0.5, 0.6) is 0 Å². The maximum Gasteiger partial charge on any atom is 0.242 e. The topological polar surface area (TPSA) is 119 Å². The van der Waals surface area contributed by atoms with E-state index in [0.29, 0.717) is 17.9 Å². The van der Waals surface area contributed by atoms with Crippen LogP contribution >= 0.6 is 0 Å². The van der Waals surface area contributed by atoms with Crippen molar-refractivity contribution in [2.75, 3.05) is 11.4 Å². The zero-order valence-electron chi connectivity index (χ0n) is 18.9. The number of ketones is 2. The number of hydrogen-bond acceptors (Lipinski definition) is 8. The second kappa shape index (κ2) is 7.18. The summed E-state index contributed by atoms with van der Waals surface area (Å²) >= 11 is 0. The minimum Gasteiger partial charge on any atom is -0.372 e. The van der Waals surface area contributed by atoms with Crippen LogP contribution in [0.4, 0.5) is 10.1 Å². The number of carbonyl (C=O) groups is 4. The Kier molecular flexibility index (Phi) is 4.52. The third-order valence-corrected chi connectivity index (χ3v) is 7.61. The smallest absolute Gasteiger partial charge is 0.242 e. The Balaban J connectivity index is 1.55. The number of fused-ring (bicyclic) bond motifs is 5. The molecule has 10 heteroatoms. The van der Waals surface area contributed by atoms with Crippen LogP contribution in [0.25, 0.3) is 11.0 Å². The number of ether oxygens (including phenoxy) is 1. The summed E-state index contributed by atoms with van der Waals surface area (Å²) in [5.41, 5.74) is -1.04. The minimum atomic E-state index is -1.62. The molecule has 6 rings (SSSR count). The molecular formula is C24H24FN3O6. The van der Waals surface area contributed by atoms with E-state index in [9.17, 15) is 19.2 Å². The number of hydrogen-bond donors (Lipinski definition) is 1. The van der Waals surface area contributed by atoms with E-state index in [1.165, 1.54) is 0 Å². The number of rotatable bonds is 3. The highest BCUT2D eigenvalue weighted by Gasteiger charge is 2.62. The lowest BCUT2D eigenvalue weighted by atomic mass is 9.63. The molecule has 178 valence electrons. The molecule has 2 amide bonds. The average molecular weight is 469 g/mol. The highest BCUT2D eigenvalue weighted by molar-refractivity contribution is 6.22. The number of anilines is 1. The molecule has 3 aliphatic heterocycles. The van der Waals surface area contributed by atoms with Gasteiger partial charge in [-0.3, -0.25) is 24.5 Å². The zero-order chi connectivity index (χ0) is 23.9. The fourth-order valence-corrected chi connectivity index (χ4v) is 6.03. The van der Waals surface area contributed by atoms with Gasteiger partial charge in [0, 0.05) is 13.0 Å². The van der Waals surface area contributed by atoms with Gasteiger partial charge in [0.15, 0.2) is 23.1 Å². The number of nitrogens with zero attached hydrogens (tertiary/aromatic N) is 2. The molecule has 4 heterocycles. The molecule has 3 fully saturated rings. The van der Waals surface area contributed by atoms with E-state index in [-0.39, 0.29) is 47.2 Å². The number of nitrogens with one attached hydrogen (secondary N) is 1. The Hall–Kier alpha value is -3.14. The van der Waals surface area contributed by atoms with Gasteiger partial charge in [-0.25, -0.2) is 4.39 Å². The summed E-state index contributed by atoms with van der Waals surface area (Å²) in [6.07, 6.45) is 0.873. The number of morpholine rings is 1. The van der Waals surface area contributed by atoms with E-state index in [1.54, 1.807) is 17.9 Å². The fourth-order valence-electron chi connectivity index (χ4n) is 6.03. The zero-order valence-corrected chi connectivity index (χ0v) is 18.9. The van der Waals surface area contributed by atoms with Gasteiger partial charge in [-0.15, -0.1) is 0 Å². The molecule has 4 aliphatic rings. The van der Waals surface area contributed by atoms with Gasteiger partial charge in [-0.05, 0) is 50.7 Å². The molecule has 2 saturated heterocycles. The highest BCUT2D eigenvalue weighted by atomic mass is 19.1. The lowest BCUT2D eigenvalue weighted by molar-refractivity contribution is -0.158. The van der Waals surface area contributed by atoms with Crippen molar-refractivity contribution >= 4 is 40.0 Å². The molecule has 9 nitrogen and oxygen atoms in total. The average Bonchev–Trinajstić information content (AvgIpc) is 3.46. The molecule has 1 unspecified atom stereocenters. The van der Waals surface area contributed by atoms with Gasteiger partial charge < -0.3 is 14.2 Å². The first-order valence-electron chi connectivity index (χ1n) is 11.6. The third-order valence-electron chi connectivity index (χ3n) is 7.61. The molecule has 0 radical (unpaired) electrons. The van der Waals surface area contributed by atoms with Crippen LogP contribution in [0, 0.1) is 17.2 Å². The van der Waals surface area contributed by atoms with Crippen LogP contribution in [0.1, 0.15) is 55.6 Å². The summed E-state index contributed by atoms with van der Waals surface area (Å²) in [6, 6.07) is 0.812. The van der Waals surface area contributed by atoms with Crippen LogP contribution < -0.4 is 10.2 Å². The summed E-state index contributed by atoms with van der Waals surface area (Å²) in [6.45, 7) is 3.82. The Bertz CT molecular complexity index is 1260. The quantitative estimate of drug-likeness (QED) is 0.412. The van der Waals surface area contributed by atoms with Crippen molar-refractivity contribution in [3.05, 3.63) is 23.1 Å². The molecule has 1 spiro atoms. The van der Waals surface area contributed by atoms with Crippen molar-refractivity contribution in [3.8, 4) is 0 Å². The van der Waals surface area contributed by atoms with Gasteiger partial charge in [0.2, 0.25) is 17.4 Å². The lowest BCUT2D eigenvalue weighted by Crippen LogP contribution is -2.72. The minimum absolute atomic E-state index is 0.0677. The van der Waals surface area contributed by atoms with Gasteiger partial charge in [0.1, 0.15) is 5.41 Å². The van der Waals surface area contributed by atoms with Crippen molar-refractivity contribution in [1.82, 2.24) is 10.5 Å². The normalized spacial score (nSPS) is 31.0. The number of carbonyl (C=O) groups excluding carboxylic acids is 4. The van der Waals surface area contributed by atoms with Gasteiger partial charge in [-0.2, -0.15) is 0 Å². The van der Waals surface area contributed by atoms with Crippen LogP contribution in [0.3, 0.4) is 0 Å². The van der Waals surface area contributed by atoms with Crippen LogP contribution in [0.2, 0.25) is 0 Å². The molecule has 1 saturated carbocycles. The standard InChI is InChI=1S/C24H24FN3O6/c1-10-9-28-20-13(6-14-19(15(29)5-12-3-4-12)27-34-21(14)18(20)25)8-24(22(28)11(2)33-10)16(30)7-17(31)26-23(24)32/h6,10-12,22H,3-5,7-9H2,1-2H3,(H,26,31,32)/t10-,11+,22-,24?/m1/s1. The SMILES string of the molecule is C[C@@H]1CN2c3c(cc4c(C(=O)CC5CC5)noc4c3F)CC3(C(=O)CC(=O)NC3=O)[C@H]2[C@H](C)O1. The largest absolute Gasteiger partial charge is 0.372 e. The van der Waals surface area contributed by atoms with Crippen molar-refractivity contribution < 1.29 is 32.8 Å². The van der Waals surface area contributed by atoms with E-state index in [2.05, 4.69) is 10.5 Å². The molecule has 4 atom stereocenters. The maximum atomic E-state index is 16.0. The number of halogens is 1. The molecule has 1 N–H and O–H groups in total. The first-order valence-corrected chi connectivity index (χ1v) is 11.6. The number of piperidine rings is 1. The monoisotopic (exact) mass is 469 g/mol. The summed E-state index contributed by atoms with van der Waals surface area (Å²) in [5, 5.41) is 6.44. The lowest BCUT2D eigenvalue weighted by Gasteiger charge is -2.55. The van der Waals surface area contributed by atoms with Gasteiger partial charge in [0.25, 0.3) is 0 Å². The number of imide groups is 1. The third kappa shape index (κ3) is 2.90. The van der Waals surface area contributed by atoms with E-state index >= 15 is 4.39 Å². The Morgan fingerprint density at radius 2 is 2.06 bits per heavy atom. The number of aromatic nitrogens is 1. The van der Waals surface area contributed by atoms with Crippen molar-refractivity contribution in [2.45, 2.75) is 64.2 Å². The first-order chi connectivity index (χ1) is 16.2. The van der Waals surface area contributed by atoms with Crippen LogP contribution in [-0.4, -0.2) is 53.3 Å². The predicted octanol–water partition coefficient (Wildman–Crippen LogP) is 2.09. The Morgan fingerprint density at radius 1 is 1.29 bits per heavy atom. The molecule has 1 aromatic carbocycles. The Morgan fingerprint density at radius 3 is 2.76 bits per heavy atom. The van der Waals surface area contributed by atoms with Crippen molar-refractivity contribution in [2.24, 2.45) is 11.3 Å². The molecule has 1 aromatic heterocycles. The molecular weight excluding hydrogens is 445 g/mol. The summed E-state index contributed by atoms with van der Waals surface area (Å²) < 4.78 is 27.2. The van der Waals surface area contributed by atoms with E-state index in [1.807, 2.05) is 6.92 Å². The molecule has 34 heavy (non-hydrogen) atoms. The predicted molar refractivity (Wildman–Crippen MR) is 116 cm³/mol. The van der Waals surface area contributed by atoms with Gasteiger partial charge in [-0.1, -0.05) is 5.16 Å². The number of benzene rings is 1. The maximum absolute atomic E-state index is 16.0. The second-order valence-electron chi connectivity index (χ2n) is 10.1. The second-order valence-corrected chi connectivity index (χ2v) is 10.1. The number of amides is 2. The number of Topliss-reactive ketones (excluding diaryl/α,β-unsaturated/α-hetero) is 2. The van der Waals surface area contributed by atoms with E-state index in [4.69, 9.17) is 9.26 Å². The summed E-state index contributed by atoms with van der Waals surface area (Å²) in [5.74, 6) is -2.42. The fraction of sp³-hybridized carbons (Fsp3) is 0.542. The van der Waals surface area contributed by atoms with Crippen LogP contribution in [-0.2, 0) is 25.5 Å². The van der Waals surface area contributed by atoms with Crippen molar-refractivity contribution in [3.63, 3.8) is 0 Å². The summed E-state index contributed by atoms with van der Waals surface area (Å²) in [7, 11) is 0. The molecule has 2 aromatic rings. The Labute approximate surface area is 193 Å². The van der Waals surface area contributed by atoms with Gasteiger partial charge in [0.05, 0.1) is 35.7 Å². The molecule has 0 bridgehead atoms. The van der Waals surface area contributed by atoms with Gasteiger partial charge >= 0.3 is 0 Å². The first kappa shape index (κ1) is 21.4. The van der Waals surface area contributed by atoms with Crippen LogP contribution in [0.15, 0.2) is 10.6 Å². The summed E-state index contributed by atoms with van der Waals surface area (Å²) in [4.78, 5) is 53.0. The van der Waals surface area contributed by atoms with E-state index < -0.39 is 47.4 Å². The highest BCUT2D eigenvalue weighted by Crippen LogP contribution is 2.50. The molecule has 1 aliphatic carbocycles. The van der Waals surface area contributed by atoms with E-state index in [0.717, 1.165) is 12.8 Å².